The highest BCUT2D eigenvalue weighted by Crippen LogP contribution is 2.49. The number of amidine groups is 2. The zero-order valence-corrected chi connectivity index (χ0v) is 26.0. The molecule has 0 aromatic heterocycles. The van der Waals surface area contributed by atoms with Crippen molar-refractivity contribution in [2.24, 2.45) is 11.5 Å². The number of ether oxygens (including phenoxy) is 4. The summed E-state index contributed by atoms with van der Waals surface area (Å²) in [6.07, 6.45) is 0. The minimum atomic E-state index is -0.0205. The Bertz CT molecular complexity index is 2020. The lowest BCUT2D eigenvalue weighted by molar-refractivity contribution is 0.410. The summed E-state index contributed by atoms with van der Waals surface area (Å²) in [6, 6.07) is 31.1. The van der Waals surface area contributed by atoms with Crippen molar-refractivity contribution in [3.8, 4) is 56.4 Å². The molecule has 6 aromatic rings. The standard InChI is InChI=1S/C38H34N4O4/c1-43-31-15-13-21-17-29(23-9-5-7-11-25(23)37(39)40)33(45-3)19-27(21)35(31)36-28-20-34(46-4)30(18-22(28)14-16-32(36)44-2)24-10-6-8-12-26(24)38(41)42/h5-20H,1-4H3,(H3,39,40)(H3,41,42). The molecule has 6 aromatic carbocycles. The zero-order chi connectivity index (χ0) is 32.5. The number of nitrogens with two attached hydrogens (primary N) is 2. The molecule has 0 unspecified atom stereocenters. The smallest absolute Gasteiger partial charge is 0.127 e. The molecule has 0 amide bonds. The number of hydrogen-bond donors (Lipinski definition) is 4. The van der Waals surface area contributed by atoms with Gasteiger partial charge in [0.15, 0.2) is 0 Å². The van der Waals surface area contributed by atoms with Gasteiger partial charge in [0.25, 0.3) is 0 Å². The maximum Gasteiger partial charge on any atom is 0.127 e. The van der Waals surface area contributed by atoms with Crippen molar-refractivity contribution >= 4 is 33.2 Å². The number of benzene rings is 6. The lowest BCUT2D eigenvalue weighted by Gasteiger charge is -2.21. The Balaban J connectivity index is 1.68. The van der Waals surface area contributed by atoms with Gasteiger partial charge in [-0.25, -0.2) is 0 Å². The van der Waals surface area contributed by atoms with Crippen LogP contribution in [-0.4, -0.2) is 40.1 Å². The van der Waals surface area contributed by atoms with E-state index in [-0.39, 0.29) is 11.7 Å². The van der Waals surface area contributed by atoms with Crippen molar-refractivity contribution < 1.29 is 18.9 Å². The molecule has 0 radical (unpaired) electrons. The van der Waals surface area contributed by atoms with Gasteiger partial charge >= 0.3 is 0 Å². The first kappa shape index (κ1) is 30.0. The van der Waals surface area contributed by atoms with Crippen LogP contribution >= 0.6 is 0 Å². The zero-order valence-electron chi connectivity index (χ0n) is 26.0. The van der Waals surface area contributed by atoms with E-state index >= 15 is 0 Å². The van der Waals surface area contributed by atoms with Crippen LogP contribution in [0.1, 0.15) is 11.1 Å². The monoisotopic (exact) mass is 610 g/mol. The van der Waals surface area contributed by atoms with E-state index in [2.05, 4.69) is 0 Å². The third-order valence-corrected chi connectivity index (χ3v) is 8.31. The molecule has 230 valence electrons. The molecule has 0 aliphatic heterocycles. The minimum Gasteiger partial charge on any atom is -0.496 e. The SMILES string of the molecule is COc1cc2c(-c3c(OC)ccc4cc(-c5ccccc5C(=N)N)c(OC)cc34)c(OC)ccc2cc1-c1ccccc1C(=N)N. The number of nitrogen functional groups attached to an aromatic ring is 2. The van der Waals surface area contributed by atoms with Gasteiger partial charge in [-0.3, -0.25) is 10.8 Å². The topological polar surface area (TPSA) is 137 Å². The van der Waals surface area contributed by atoms with Crippen LogP contribution in [0.2, 0.25) is 0 Å². The average molecular weight is 611 g/mol. The second kappa shape index (κ2) is 12.2. The van der Waals surface area contributed by atoms with Gasteiger partial charge in [0.1, 0.15) is 34.7 Å². The summed E-state index contributed by atoms with van der Waals surface area (Å²) in [5.74, 6) is 2.51. The van der Waals surface area contributed by atoms with Gasteiger partial charge in [-0.1, -0.05) is 60.7 Å². The molecule has 0 bridgehead atoms. The summed E-state index contributed by atoms with van der Waals surface area (Å²) in [4.78, 5) is 0. The number of nitrogens with one attached hydrogen (secondary N) is 2. The van der Waals surface area contributed by atoms with Crippen LogP contribution in [0, 0.1) is 10.8 Å². The quantitative estimate of drug-likeness (QED) is 0.0983. The third kappa shape index (κ3) is 4.99. The minimum absolute atomic E-state index is 0.0205. The van der Waals surface area contributed by atoms with Crippen molar-refractivity contribution in [3.05, 3.63) is 108 Å². The molecule has 0 saturated carbocycles. The number of rotatable bonds is 9. The highest BCUT2D eigenvalue weighted by atomic mass is 16.5. The molecule has 6 rings (SSSR count). The number of fused-ring (bicyclic) bond motifs is 2. The van der Waals surface area contributed by atoms with Gasteiger partial charge in [-0.05, 0) is 69.1 Å². The number of methoxy groups -OCH3 is 4. The average Bonchev–Trinajstić information content (AvgIpc) is 3.09. The molecule has 6 N–H and O–H groups in total. The fourth-order valence-corrected chi connectivity index (χ4v) is 6.19. The van der Waals surface area contributed by atoms with Crippen molar-refractivity contribution in [2.45, 2.75) is 0 Å². The highest BCUT2D eigenvalue weighted by molar-refractivity contribution is 6.13. The lowest BCUT2D eigenvalue weighted by atomic mass is 9.88. The summed E-state index contributed by atoms with van der Waals surface area (Å²) in [6.45, 7) is 0. The molecule has 0 fully saturated rings. The molecule has 0 heterocycles. The van der Waals surface area contributed by atoms with E-state index in [1.807, 2.05) is 97.1 Å². The van der Waals surface area contributed by atoms with E-state index in [0.29, 0.717) is 34.1 Å². The van der Waals surface area contributed by atoms with Crippen LogP contribution in [-0.2, 0) is 0 Å². The molecule has 8 nitrogen and oxygen atoms in total. The largest absolute Gasteiger partial charge is 0.496 e. The van der Waals surface area contributed by atoms with Crippen LogP contribution in [0.3, 0.4) is 0 Å². The summed E-state index contributed by atoms with van der Waals surface area (Å²) in [5, 5.41) is 19.9. The van der Waals surface area contributed by atoms with Crippen LogP contribution in [0.4, 0.5) is 0 Å². The van der Waals surface area contributed by atoms with Gasteiger partial charge in [0.05, 0.1) is 28.4 Å². The Kier molecular flexibility index (Phi) is 7.94. The van der Waals surface area contributed by atoms with Crippen LogP contribution < -0.4 is 30.4 Å². The lowest BCUT2D eigenvalue weighted by Crippen LogP contribution is -2.12. The Hall–Kier alpha value is -6.02. The molecule has 0 aliphatic rings. The van der Waals surface area contributed by atoms with E-state index in [1.54, 1.807) is 28.4 Å². The summed E-state index contributed by atoms with van der Waals surface area (Å²) in [5.41, 5.74) is 18.1. The van der Waals surface area contributed by atoms with Gasteiger partial charge < -0.3 is 30.4 Å². The van der Waals surface area contributed by atoms with E-state index in [1.165, 1.54) is 0 Å². The van der Waals surface area contributed by atoms with E-state index < -0.39 is 0 Å². The first-order chi connectivity index (χ1) is 22.3. The van der Waals surface area contributed by atoms with E-state index in [4.69, 9.17) is 41.2 Å². The third-order valence-electron chi connectivity index (χ3n) is 8.31. The molecule has 0 atom stereocenters. The first-order valence-corrected chi connectivity index (χ1v) is 14.6. The molecular weight excluding hydrogens is 576 g/mol. The second-order valence-electron chi connectivity index (χ2n) is 10.8. The van der Waals surface area contributed by atoms with Crippen molar-refractivity contribution in [1.29, 1.82) is 10.8 Å². The van der Waals surface area contributed by atoms with Gasteiger partial charge in [-0.15, -0.1) is 0 Å². The van der Waals surface area contributed by atoms with Crippen molar-refractivity contribution in [2.75, 3.05) is 28.4 Å². The summed E-state index contributed by atoms with van der Waals surface area (Å²) in [7, 11) is 6.55. The van der Waals surface area contributed by atoms with E-state index in [0.717, 1.165) is 54.9 Å². The van der Waals surface area contributed by atoms with Crippen molar-refractivity contribution in [3.63, 3.8) is 0 Å². The Morgan fingerprint density at radius 1 is 0.457 bits per heavy atom. The highest BCUT2D eigenvalue weighted by Gasteiger charge is 2.23. The van der Waals surface area contributed by atoms with Gasteiger partial charge in [0, 0.05) is 33.4 Å². The maximum absolute atomic E-state index is 8.15. The normalized spacial score (nSPS) is 11.0. The number of hydrogen-bond acceptors (Lipinski definition) is 6. The van der Waals surface area contributed by atoms with Gasteiger partial charge in [0.2, 0.25) is 0 Å². The van der Waals surface area contributed by atoms with Crippen LogP contribution in [0.5, 0.6) is 23.0 Å². The Labute approximate surface area is 267 Å². The van der Waals surface area contributed by atoms with E-state index in [9.17, 15) is 0 Å². The van der Waals surface area contributed by atoms with Crippen molar-refractivity contribution in [1.82, 2.24) is 0 Å². The molecule has 46 heavy (non-hydrogen) atoms. The predicted molar refractivity (Wildman–Crippen MR) is 186 cm³/mol. The first-order valence-electron chi connectivity index (χ1n) is 14.6. The van der Waals surface area contributed by atoms with Crippen LogP contribution in [0.15, 0.2) is 97.1 Å². The fourth-order valence-electron chi connectivity index (χ4n) is 6.19. The maximum atomic E-state index is 8.15. The Morgan fingerprint density at radius 2 is 0.826 bits per heavy atom. The van der Waals surface area contributed by atoms with Crippen LogP contribution in [0.25, 0.3) is 54.9 Å². The predicted octanol–water partition coefficient (Wildman–Crippen LogP) is 7.60. The second-order valence-corrected chi connectivity index (χ2v) is 10.8. The summed E-state index contributed by atoms with van der Waals surface area (Å²) >= 11 is 0. The molecule has 0 spiro atoms. The summed E-state index contributed by atoms with van der Waals surface area (Å²) < 4.78 is 23.9. The molecule has 0 aliphatic carbocycles. The Morgan fingerprint density at radius 3 is 1.17 bits per heavy atom. The molecule has 8 heteroatoms. The fraction of sp³-hybridized carbons (Fsp3) is 0.105. The molecular formula is C38H34N4O4. The molecule has 0 saturated heterocycles. The van der Waals surface area contributed by atoms with Gasteiger partial charge in [-0.2, -0.15) is 0 Å².